The minimum absolute atomic E-state index is 0.0593. The molecule has 0 aliphatic carbocycles. The lowest BCUT2D eigenvalue weighted by Gasteiger charge is -2.13. The smallest absolute Gasteiger partial charge is 0.116 e. The molecule has 1 aliphatic rings. The summed E-state index contributed by atoms with van der Waals surface area (Å²) in [6, 6.07) is 10.4. The monoisotopic (exact) mass is 290 g/mol. The SMILES string of the molecule is CCCC/C(F)=C(/CC)[C@@]1(C)O[C@@H]1CCc1ccccc1. The van der Waals surface area contributed by atoms with Crippen LogP contribution < -0.4 is 0 Å². The molecule has 2 atom stereocenters. The second kappa shape index (κ2) is 7.22. The average molecular weight is 290 g/mol. The summed E-state index contributed by atoms with van der Waals surface area (Å²) in [4.78, 5) is 0. The molecule has 0 saturated carbocycles. The molecule has 2 rings (SSSR count). The number of unbranched alkanes of at least 4 members (excludes halogenated alkanes) is 1. The van der Waals surface area contributed by atoms with Gasteiger partial charge in [0.2, 0.25) is 0 Å². The first-order valence-corrected chi connectivity index (χ1v) is 8.21. The zero-order valence-corrected chi connectivity index (χ0v) is 13.5. The average Bonchev–Trinajstić information content (AvgIpc) is 3.16. The highest BCUT2D eigenvalue weighted by Gasteiger charge is 2.54. The van der Waals surface area contributed by atoms with Crippen molar-refractivity contribution in [3.8, 4) is 0 Å². The highest BCUT2D eigenvalue weighted by Crippen LogP contribution is 2.48. The molecule has 0 unspecified atom stereocenters. The van der Waals surface area contributed by atoms with Crippen LogP contribution >= 0.6 is 0 Å². The Hall–Kier alpha value is -1.15. The van der Waals surface area contributed by atoms with Gasteiger partial charge in [0, 0.05) is 0 Å². The number of benzene rings is 1. The van der Waals surface area contributed by atoms with E-state index in [1.165, 1.54) is 5.56 Å². The molecule has 1 fully saturated rings. The van der Waals surface area contributed by atoms with Crippen molar-refractivity contribution in [2.75, 3.05) is 0 Å². The fraction of sp³-hybridized carbons (Fsp3) is 0.579. The van der Waals surface area contributed by atoms with Crippen LogP contribution in [0.15, 0.2) is 41.7 Å². The second-order valence-electron chi connectivity index (χ2n) is 6.08. The van der Waals surface area contributed by atoms with E-state index in [9.17, 15) is 4.39 Å². The number of rotatable bonds is 8. The molecule has 0 amide bonds. The number of allylic oxidation sites excluding steroid dienone is 1. The second-order valence-corrected chi connectivity index (χ2v) is 6.08. The van der Waals surface area contributed by atoms with Gasteiger partial charge in [-0.2, -0.15) is 0 Å². The van der Waals surface area contributed by atoms with Crippen molar-refractivity contribution >= 4 is 0 Å². The molecule has 1 saturated heterocycles. The topological polar surface area (TPSA) is 12.5 Å². The molecule has 1 heterocycles. The van der Waals surface area contributed by atoms with E-state index < -0.39 is 0 Å². The van der Waals surface area contributed by atoms with Gasteiger partial charge in [-0.05, 0) is 50.2 Å². The molecule has 1 aliphatic heterocycles. The van der Waals surface area contributed by atoms with Crippen LogP contribution in [-0.4, -0.2) is 11.7 Å². The molecule has 1 nitrogen and oxygen atoms in total. The number of hydrogen-bond donors (Lipinski definition) is 0. The molecule has 2 heteroatoms. The molecule has 116 valence electrons. The van der Waals surface area contributed by atoms with Gasteiger partial charge in [-0.1, -0.05) is 50.6 Å². The zero-order chi connectivity index (χ0) is 15.3. The van der Waals surface area contributed by atoms with Gasteiger partial charge in [0.05, 0.1) is 6.10 Å². The Labute approximate surface area is 128 Å². The maximum Gasteiger partial charge on any atom is 0.116 e. The lowest BCUT2D eigenvalue weighted by molar-refractivity contribution is 0.321. The van der Waals surface area contributed by atoms with Crippen molar-refractivity contribution in [2.24, 2.45) is 0 Å². The Balaban J connectivity index is 1.94. The first-order chi connectivity index (χ1) is 10.1. The van der Waals surface area contributed by atoms with Gasteiger partial charge in [0.15, 0.2) is 0 Å². The summed E-state index contributed by atoms with van der Waals surface area (Å²) in [5.41, 5.74) is 1.85. The summed E-state index contributed by atoms with van der Waals surface area (Å²) >= 11 is 0. The summed E-state index contributed by atoms with van der Waals surface area (Å²) in [6.45, 7) is 6.17. The van der Waals surface area contributed by atoms with Crippen molar-refractivity contribution in [3.05, 3.63) is 47.3 Å². The van der Waals surface area contributed by atoms with Gasteiger partial charge in [0.25, 0.3) is 0 Å². The van der Waals surface area contributed by atoms with E-state index in [-0.39, 0.29) is 17.5 Å². The summed E-state index contributed by atoms with van der Waals surface area (Å²) in [5, 5.41) is 0. The number of halogens is 1. The van der Waals surface area contributed by atoms with Crippen molar-refractivity contribution < 1.29 is 9.13 Å². The maximum atomic E-state index is 14.3. The van der Waals surface area contributed by atoms with Crippen LogP contribution in [0.4, 0.5) is 4.39 Å². The van der Waals surface area contributed by atoms with Crippen LogP contribution in [0.1, 0.15) is 58.4 Å². The third-order valence-corrected chi connectivity index (χ3v) is 4.51. The number of epoxide rings is 1. The molecule has 21 heavy (non-hydrogen) atoms. The van der Waals surface area contributed by atoms with E-state index in [2.05, 4.69) is 31.2 Å². The number of ether oxygens (including phenoxy) is 1. The van der Waals surface area contributed by atoms with Crippen molar-refractivity contribution in [2.45, 2.75) is 71.0 Å². The largest absolute Gasteiger partial charge is 0.362 e. The summed E-state index contributed by atoms with van der Waals surface area (Å²) < 4.78 is 20.2. The lowest BCUT2D eigenvalue weighted by atomic mass is 9.90. The standard InChI is InChI=1S/C19H27FO/c1-4-6-12-17(20)16(5-2)19(3)18(21-19)14-13-15-10-8-7-9-11-15/h7-11,18H,4-6,12-14H2,1-3H3/b17-16+/t18-,19-/m1/s1. The Morgan fingerprint density at radius 3 is 2.57 bits per heavy atom. The van der Waals surface area contributed by atoms with Crippen molar-refractivity contribution in [1.82, 2.24) is 0 Å². The Morgan fingerprint density at radius 2 is 1.95 bits per heavy atom. The normalized spacial score (nSPS) is 25.6. The number of aryl methyl sites for hydroxylation is 1. The number of hydrogen-bond acceptors (Lipinski definition) is 1. The summed E-state index contributed by atoms with van der Waals surface area (Å²) in [5.74, 6) is 0.0593. The first kappa shape index (κ1) is 16.2. The van der Waals surface area contributed by atoms with Crippen LogP contribution in [0.25, 0.3) is 0 Å². The van der Waals surface area contributed by atoms with Crippen LogP contribution in [0.2, 0.25) is 0 Å². The molecule has 0 spiro atoms. The predicted molar refractivity (Wildman–Crippen MR) is 86.0 cm³/mol. The molecular weight excluding hydrogens is 263 g/mol. The minimum Gasteiger partial charge on any atom is -0.362 e. The van der Waals surface area contributed by atoms with Crippen LogP contribution in [-0.2, 0) is 11.2 Å². The molecule has 0 bridgehead atoms. The van der Waals surface area contributed by atoms with E-state index >= 15 is 0 Å². The fourth-order valence-corrected chi connectivity index (χ4v) is 3.10. The van der Waals surface area contributed by atoms with E-state index in [1.807, 2.05) is 19.9 Å². The lowest BCUT2D eigenvalue weighted by Crippen LogP contribution is -2.15. The van der Waals surface area contributed by atoms with E-state index in [0.717, 1.165) is 37.7 Å². The van der Waals surface area contributed by atoms with Gasteiger partial charge in [-0.15, -0.1) is 0 Å². The fourth-order valence-electron chi connectivity index (χ4n) is 3.10. The Morgan fingerprint density at radius 1 is 1.24 bits per heavy atom. The first-order valence-electron chi connectivity index (χ1n) is 8.21. The van der Waals surface area contributed by atoms with Gasteiger partial charge in [-0.3, -0.25) is 0 Å². The van der Waals surface area contributed by atoms with Crippen LogP contribution in [0, 0.1) is 0 Å². The minimum atomic E-state index is -0.360. The van der Waals surface area contributed by atoms with Crippen LogP contribution in [0.5, 0.6) is 0 Å². The maximum absolute atomic E-state index is 14.3. The molecule has 1 aromatic rings. The molecule has 0 radical (unpaired) electrons. The van der Waals surface area contributed by atoms with E-state index in [0.29, 0.717) is 6.42 Å². The molecule has 0 aromatic heterocycles. The summed E-state index contributed by atoms with van der Waals surface area (Å²) in [6.07, 6.45) is 5.37. The third kappa shape index (κ3) is 3.94. The quantitative estimate of drug-likeness (QED) is 0.568. The van der Waals surface area contributed by atoms with Gasteiger partial charge in [-0.25, -0.2) is 4.39 Å². The van der Waals surface area contributed by atoms with Gasteiger partial charge >= 0.3 is 0 Å². The molecular formula is C19H27FO. The highest BCUT2D eigenvalue weighted by atomic mass is 19.1. The third-order valence-electron chi connectivity index (χ3n) is 4.51. The Bertz CT molecular complexity index is 480. The van der Waals surface area contributed by atoms with E-state index in [1.54, 1.807) is 0 Å². The zero-order valence-electron chi connectivity index (χ0n) is 13.5. The van der Waals surface area contributed by atoms with Crippen molar-refractivity contribution in [3.63, 3.8) is 0 Å². The van der Waals surface area contributed by atoms with Crippen molar-refractivity contribution in [1.29, 1.82) is 0 Å². The molecule has 0 N–H and O–H groups in total. The Kier molecular flexibility index (Phi) is 5.58. The predicted octanol–water partition coefficient (Wildman–Crippen LogP) is 5.60. The van der Waals surface area contributed by atoms with Crippen LogP contribution in [0.3, 0.4) is 0 Å². The van der Waals surface area contributed by atoms with E-state index in [4.69, 9.17) is 4.74 Å². The van der Waals surface area contributed by atoms with Gasteiger partial charge in [0.1, 0.15) is 11.4 Å². The molecule has 1 aromatic carbocycles. The summed E-state index contributed by atoms with van der Waals surface area (Å²) in [7, 11) is 0. The van der Waals surface area contributed by atoms with Gasteiger partial charge < -0.3 is 4.74 Å². The highest BCUT2D eigenvalue weighted by molar-refractivity contribution is 5.29.